The van der Waals surface area contributed by atoms with Crippen molar-refractivity contribution in [1.82, 2.24) is 5.32 Å². The first kappa shape index (κ1) is 15.1. The minimum absolute atomic E-state index is 0.00707. The van der Waals surface area contributed by atoms with E-state index in [0.29, 0.717) is 6.54 Å². The summed E-state index contributed by atoms with van der Waals surface area (Å²) in [5, 5.41) is 6.74. The van der Waals surface area contributed by atoms with Gasteiger partial charge in [-0.1, -0.05) is 12.1 Å². The Balaban J connectivity index is 1.54. The number of benzene rings is 1. The van der Waals surface area contributed by atoms with Crippen LogP contribution in [-0.2, 0) is 6.54 Å². The number of carbonyl (C=O) groups is 1. The minimum atomic E-state index is -0.00707. The number of quaternary nitrogens is 1. The SMILES string of the molecule is C[NH+]1CCN(c2ccc(CNC(=O)c3ccsc3)cc2)CC1. The fraction of sp³-hybridized carbons (Fsp3) is 0.353. The minimum Gasteiger partial charge on any atom is -0.360 e. The van der Waals surface area contributed by atoms with Crippen molar-refractivity contribution in [3.8, 4) is 0 Å². The van der Waals surface area contributed by atoms with E-state index in [-0.39, 0.29) is 5.91 Å². The van der Waals surface area contributed by atoms with Crippen LogP contribution in [-0.4, -0.2) is 39.1 Å². The quantitative estimate of drug-likeness (QED) is 0.883. The van der Waals surface area contributed by atoms with Crippen LogP contribution in [0, 0.1) is 0 Å². The van der Waals surface area contributed by atoms with Gasteiger partial charge in [0.15, 0.2) is 0 Å². The van der Waals surface area contributed by atoms with Gasteiger partial charge in [-0.2, -0.15) is 11.3 Å². The Morgan fingerprint density at radius 1 is 1.23 bits per heavy atom. The van der Waals surface area contributed by atoms with Gasteiger partial charge in [0.25, 0.3) is 5.91 Å². The van der Waals surface area contributed by atoms with E-state index in [1.54, 1.807) is 4.90 Å². The van der Waals surface area contributed by atoms with Crippen LogP contribution in [0.1, 0.15) is 15.9 Å². The zero-order valence-corrected chi connectivity index (χ0v) is 13.7. The van der Waals surface area contributed by atoms with Crippen molar-refractivity contribution < 1.29 is 9.69 Å². The van der Waals surface area contributed by atoms with Crippen molar-refractivity contribution in [3.63, 3.8) is 0 Å². The fourth-order valence-corrected chi connectivity index (χ4v) is 3.29. The van der Waals surface area contributed by atoms with Gasteiger partial charge in [0.05, 0.1) is 33.2 Å². The number of nitrogens with one attached hydrogen (secondary N) is 2. The van der Waals surface area contributed by atoms with Crippen LogP contribution in [0.3, 0.4) is 0 Å². The van der Waals surface area contributed by atoms with Gasteiger partial charge in [0.2, 0.25) is 0 Å². The Hall–Kier alpha value is -1.85. The molecule has 0 saturated carbocycles. The molecule has 22 heavy (non-hydrogen) atoms. The first-order chi connectivity index (χ1) is 10.7. The summed E-state index contributed by atoms with van der Waals surface area (Å²) >= 11 is 1.54. The first-order valence-corrected chi connectivity index (χ1v) is 8.62. The molecule has 0 radical (unpaired) electrons. The van der Waals surface area contributed by atoms with Gasteiger partial charge in [-0.25, -0.2) is 0 Å². The molecule has 1 saturated heterocycles. The van der Waals surface area contributed by atoms with Crippen molar-refractivity contribution in [2.75, 3.05) is 38.1 Å². The van der Waals surface area contributed by atoms with E-state index in [1.165, 1.54) is 30.1 Å². The number of amides is 1. The fourth-order valence-electron chi connectivity index (χ4n) is 2.65. The summed E-state index contributed by atoms with van der Waals surface area (Å²) in [4.78, 5) is 15.9. The van der Waals surface area contributed by atoms with Crippen molar-refractivity contribution in [1.29, 1.82) is 0 Å². The maximum atomic E-state index is 11.9. The molecule has 1 fully saturated rings. The molecular weight excluding hydrogens is 294 g/mol. The van der Waals surface area contributed by atoms with Crippen LogP contribution in [0.2, 0.25) is 0 Å². The van der Waals surface area contributed by atoms with Gasteiger partial charge >= 0.3 is 0 Å². The Labute approximate surface area is 135 Å². The van der Waals surface area contributed by atoms with Crippen LogP contribution in [0.25, 0.3) is 0 Å². The summed E-state index contributed by atoms with van der Waals surface area (Å²) in [5.41, 5.74) is 3.15. The number of carbonyl (C=O) groups excluding carboxylic acids is 1. The largest absolute Gasteiger partial charge is 0.360 e. The van der Waals surface area contributed by atoms with Gasteiger partial charge in [0, 0.05) is 23.2 Å². The predicted octanol–water partition coefficient (Wildman–Crippen LogP) is 1.01. The van der Waals surface area contributed by atoms with Gasteiger partial charge in [-0.15, -0.1) is 0 Å². The summed E-state index contributed by atoms with van der Waals surface area (Å²) in [6, 6.07) is 10.4. The molecule has 4 nitrogen and oxygen atoms in total. The van der Waals surface area contributed by atoms with Crippen molar-refractivity contribution in [3.05, 3.63) is 52.2 Å². The van der Waals surface area contributed by atoms with Crippen molar-refractivity contribution in [2.24, 2.45) is 0 Å². The number of likely N-dealkylation sites (N-methyl/N-ethyl adjacent to an activating group) is 1. The van der Waals surface area contributed by atoms with E-state index in [9.17, 15) is 4.79 Å². The topological polar surface area (TPSA) is 36.8 Å². The number of piperazine rings is 1. The molecule has 2 N–H and O–H groups in total. The smallest absolute Gasteiger partial charge is 0.252 e. The van der Waals surface area contributed by atoms with Gasteiger partial charge < -0.3 is 15.1 Å². The summed E-state index contributed by atoms with van der Waals surface area (Å²) in [5.74, 6) is -0.00707. The maximum Gasteiger partial charge on any atom is 0.252 e. The second-order valence-electron chi connectivity index (χ2n) is 5.81. The van der Waals surface area contributed by atoms with Crippen LogP contribution in [0.4, 0.5) is 5.69 Å². The maximum absolute atomic E-state index is 11.9. The van der Waals surface area contributed by atoms with Crippen molar-refractivity contribution >= 4 is 22.9 Å². The summed E-state index contributed by atoms with van der Waals surface area (Å²) in [7, 11) is 2.25. The zero-order valence-electron chi connectivity index (χ0n) is 12.8. The Kier molecular flexibility index (Phi) is 4.75. The molecule has 1 aliphatic rings. The molecule has 1 aromatic carbocycles. The molecule has 0 atom stereocenters. The third-order valence-electron chi connectivity index (χ3n) is 4.15. The molecule has 5 heteroatoms. The Morgan fingerprint density at radius 3 is 2.59 bits per heavy atom. The number of anilines is 1. The molecule has 0 aliphatic carbocycles. The Morgan fingerprint density at radius 2 is 1.95 bits per heavy atom. The van der Waals surface area contributed by atoms with E-state index in [4.69, 9.17) is 0 Å². The molecule has 0 spiro atoms. The summed E-state index contributed by atoms with van der Waals surface area (Å²) in [6.45, 7) is 5.18. The average molecular weight is 316 g/mol. The second-order valence-corrected chi connectivity index (χ2v) is 6.59. The predicted molar refractivity (Wildman–Crippen MR) is 90.8 cm³/mol. The molecule has 2 heterocycles. The Bertz CT molecular complexity index is 601. The highest BCUT2D eigenvalue weighted by molar-refractivity contribution is 7.08. The van der Waals surface area contributed by atoms with E-state index in [2.05, 4.69) is 41.5 Å². The highest BCUT2D eigenvalue weighted by Gasteiger charge is 2.16. The molecule has 0 bridgehead atoms. The van der Waals surface area contributed by atoms with Crippen molar-refractivity contribution in [2.45, 2.75) is 6.54 Å². The van der Waals surface area contributed by atoms with E-state index >= 15 is 0 Å². The third-order valence-corrected chi connectivity index (χ3v) is 4.84. The van der Waals surface area contributed by atoms with E-state index < -0.39 is 0 Å². The molecule has 1 amide bonds. The highest BCUT2D eigenvalue weighted by atomic mass is 32.1. The first-order valence-electron chi connectivity index (χ1n) is 7.68. The summed E-state index contributed by atoms with van der Waals surface area (Å²) < 4.78 is 0. The third kappa shape index (κ3) is 3.67. The molecule has 2 aromatic rings. The zero-order chi connectivity index (χ0) is 15.4. The lowest BCUT2D eigenvalue weighted by atomic mass is 10.1. The average Bonchev–Trinajstić information content (AvgIpc) is 3.08. The van der Waals surface area contributed by atoms with Crippen LogP contribution >= 0.6 is 11.3 Å². The van der Waals surface area contributed by atoms with E-state index in [0.717, 1.165) is 24.2 Å². The normalized spacial score (nSPS) is 15.8. The van der Waals surface area contributed by atoms with Crippen LogP contribution < -0.4 is 15.1 Å². The number of hydrogen-bond acceptors (Lipinski definition) is 3. The lowest BCUT2D eigenvalue weighted by molar-refractivity contribution is -0.880. The number of rotatable bonds is 4. The highest BCUT2D eigenvalue weighted by Crippen LogP contribution is 2.15. The molecule has 3 rings (SSSR count). The summed E-state index contributed by atoms with van der Waals surface area (Å²) in [6.07, 6.45) is 0. The standard InChI is InChI=1S/C17H21N3OS/c1-19-7-9-20(10-8-19)16-4-2-14(3-5-16)12-18-17(21)15-6-11-22-13-15/h2-6,11,13H,7-10,12H2,1H3,(H,18,21)/p+1. The molecule has 0 unspecified atom stereocenters. The number of nitrogens with zero attached hydrogens (tertiary/aromatic N) is 1. The number of hydrogen-bond donors (Lipinski definition) is 2. The second kappa shape index (κ2) is 6.94. The van der Waals surface area contributed by atoms with Crippen LogP contribution in [0.15, 0.2) is 41.1 Å². The number of thiophene rings is 1. The monoisotopic (exact) mass is 316 g/mol. The lowest BCUT2D eigenvalue weighted by Gasteiger charge is -2.31. The molecule has 1 aromatic heterocycles. The molecule has 1 aliphatic heterocycles. The van der Waals surface area contributed by atoms with Gasteiger partial charge in [-0.3, -0.25) is 4.79 Å². The van der Waals surface area contributed by atoms with Gasteiger partial charge in [0.1, 0.15) is 0 Å². The van der Waals surface area contributed by atoms with E-state index in [1.807, 2.05) is 16.8 Å². The molecular formula is C17H22N3OS+. The molecule has 116 valence electrons. The van der Waals surface area contributed by atoms with Crippen LogP contribution in [0.5, 0.6) is 0 Å². The van der Waals surface area contributed by atoms with Gasteiger partial charge in [-0.05, 0) is 29.1 Å². The lowest BCUT2D eigenvalue weighted by Crippen LogP contribution is -3.12.